The normalized spacial score (nSPS) is 31.2. The predicted octanol–water partition coefficient (Wildman–Crippen LogP) is 3.94. The van der Waals surface area contributed by atoms with Crippen molar-refractivity contribution in [2.24, 2.45) is 5.92 Å². The molecule has 0 aromatic rings. The molecule has 1 saturated heterocycles. The molecule has 1 fully saturated rings. The molecule has 82 valence electrons. The lowest BCUT2D eigenvalue weighted by Crippen LogP contribution is -2.39. The van der Waals surface area contributed by atoms with Gasteiger partial charge in [-0.15, -0.1) is 0 Å². The third-order valence-electron chi connectivity index (χ3n) is 3.11. The molecule has 0 amide bonds. The lowest BCUT2D eigenvalue weighted by molar-refractivity contribution is -0.125. The summed E-state index contributed by atoms with van der Waals surface area (Å²) in [5, 5.41) is 0. The van der Waals surface area contributed by atoms with E-state index >= 15 is 0 Å². The van der Waals surface area contributed by atoms with Gasteiger partial charge in [-0.1, -0.05) is 11.6 Å². The first-order chi connectivity index (χ1) is 6.41. The van der Waals surface area contributed by atoms with Gasteiger partial charge in [-0.05, 0) is 59.8 Å². The molecule has 2 atom stereocenters. The Balaban J connectivity index is 2.46. The highest BCUT2D eigenvalue weighted by Crippen LogP contribution is 2.33. The van der Waals surface area contributed by atoms with E-state index in [9.17, 15) is 0 Å². The zero-order valence-corrected chi connectivity index (χ0v) is 10.3. The Labute approximate surface area is 88.5 Å². The van der Waals surface area contributed by atoms with E-state index < -0.39 is 0 Å². The molecule has 0 saturated carbocycles. The lowest BCUT2D eigenvalue weighted by Gasteiger charge is -2.39. The van der Waals surface area contributed by atoms with Crippen molar-refractivity contribution in [2.75, 3.05) is 0 Å². The summed E-state index contributed by atoms with van der Waals surface area (Å²) < 4.78 is 5.99. The minimum absolute atomic E-state index is 0.0981. The number of hydrogen-bond donors (Lipinski definition) is 0. The standard InChI is InChI=1S/C13H24O/c1-10(2)6-7-12-8-9-13(4,5)14-11(12)3/h6,11-12H,7-9H2,1-5H3. The van der Waals surface area contributed by atoms with E-state index in [1.165, 1.54) is 24.8 Å². The number of ether oxygens (including phenoxy) is 1. The van der Waals surface area contributed by atoms with Gasteiger partial charge in [0.25, 0.3) is 0 Å². The second-order valence-corrected chi connectivity index (χ2v) is 5.40. The third-order valence-corrected chi connectivity index (χ3v) is 3.11. The molecule has 1 heterocycles. The van der Waals surface area contributed by atoms with Crippen LogP contribution in [0, 0.1) is 5.92 Å². The van der Waals surface area contributed by atoms with E-state index in [1.807, 2.05) is 0 Å². The first kappa shape index (κ1) is 11.8. The molecule has 1 heteroatoms. The Hall–Kier alpha value is -0.300. The van der Waals surface area contributed by atoms with Crippen LogP contribution in [0.1, 0.15) is 53.9 Å². The summed E-state index contributed by atoms with van der Waals surface area (Å²) in [4.78, 5) is 0. The first-order valence-corrected chi connectivity index (χ1v) is 5.72. The molecule has 0 aromatic carbocycles. The van der Waals surface area contributed by atoms with Gasteiger partial charge >= 0.3 is 0 Å². The van der Waals surface area contributed by atoms with Crippen LogP contribution < -0.4 is 0 Å². The average Bonchev–Trinajstić information content (AvgIpc) is 2.00. The molecule has 0 aliphatic carbocycles. The molecule has 0 N–H and O–H groups in total. The quantitative estimate of drug-likeness (QED) is 0.608. The van der Waals surface area contributed by atoms with Crippen molar-refractivity contribution in [1.29, 1.82) is 0 Å². The van der Waals surface area contributed by atoms with Crippen LogP contribution in [-0.2, 0) is 4.74 Å². The van der Waals surface area contributed by atoms with Crippen LogP contribution in [-0.4, -0.2) is 11.7 Å². The van der Waals surface area contributed by atoms with Gasteiger partial charge in [0.2, 0.25) is 0 Å². The van der Waals surface area contributed by atoms with Crippen molar-refractivity contribution in [3.63, 3.8) is 0 Å². The molecule has 1 aliphatic rings. The number of allylic oxidation sites excluding steroid dienone is 2. The van der Waals surface area contributed by atoms with E-state index in [4.69, 9.17) is 4.74 Å². The first-order valence-electron chi connectivity index (χ1n) is 5.72. The van der Waals surface area contributed by atoms with Gasteiger partial charge in [-0.25, -0.2) is 0 Å². The van der Waals surface area contributed by atoms with Crippen molar-refractivity contribution >= 4 is 0 Å². The lowest BCUT2D eigenvalue weighted by atomic mass is 9.85. The monoisotopic (exact) mass is 196 g/mol. The van der Waals surface area contributed by atoms with Crippen molar-refractivity contribution in [2.45, 2.75) is 65.6 Å². The SMILES string of the molecule is CC(C)=CCC1CCC(C)(C)OC1C. The van der Waals surface area contributed by atoms with Gasteiger partial charge in [0.05, 0.1) is 11.7 Å². The van der Waals surface area contributed by atoms with Crippen molar-refractivity contribution in [3.8, 4) is 0 Å². The van der Waals surface area contributed by atoms with Gasteiger partial charge < -0.3 is 4.74 Å². The van der Waals surface area contributed by atoms with Gasteiger partial charge in [0, 0.05) is 0 Å². The molecular weight excluding hydrogens is 172 g/mol. The Bertz CT molecular complexity index is 211. The third kappa shape index (κ3) is 3.45. The van der Waals surface area contributed by atoms with E-state index in [1.54, 1.807) is 0 Å². The summed E-state index contributed by atoms with van der Waals surface area (Å²) in [5.74, 6) is 0.720. The van der Waals surface area contributed by atoms with Gasteiger partial charge in [0.1, 0.15) is 0 Å². The zero-order valence-electron chi connectivity index (χ0n) is 10.3. The molecular formula is C13H24O. The molecule has 14 heavy (non-hydrogen) atoms. The van der Waals surface area contributed by atoms with E-state index in [2.05, 4.69) is 40.7 Å². The fourth-order valence-corrected chi connectivity index (χ4v) is 2.12. The maximum atomic E-state index is 5.99. The van der Waals surface area contributed by atoms with E-state index in [-0.39, 0.29) is 5.60 Å². The molecule has 0 bridgehead atoms. The van der Waals surface area contributed by atoms with Gasteiger partial charge in [-0.2, -0.15) is 0 Å². The summed E-state index contributed by atoms with van der Waals surface area (Å²) in [6.07, 6.45) is 6.42. The minimum Gasteiger partial charge on any atom is -0.372 e. The second kappa shape index (κ2) is 4.48. The fraction of sp³-hybridized carbons (Fsp3) is 0.846. The van der Waals surface area contributed by atoms with Crippen LogP contribution in [0.4, 0.5) is 0 Å². The highest BCUT2D eigenvalue weighted by atomic mass is 16.5. The molecule has 1 nitrogen and oxygen atoms in total. The average molecular weight is 196 g/mol. The summed E-state index contributed by atoms with van der Waals surface area (Å²) in [6, 6.07) is 0. The van der Waals surface area contributed by atoms with Crippen molar-refractivity contribution in [3.05, 3.63) is 11.6 Å². The maximum absolute atomic E-state index is 5.99. The Morgan fingerprint density at radius 1 is 1.43 bits per heavy atom. The molecule has 2 unspecified atom stereocenters. The van der Waals surface area contributed by atoms with Gasteiger partial charge in [-0.3, -0.25) is 0 Å². The highest BCUT2D eigenvalue weighted by Gasteiger charge is 2.32. The van der Waals surface area contributed by atoms with Crippen LogP contribution in [0.3, 0.4) is 0 Å². The number of rotatable bonds is 2. The van der Waals surface area contributed by atoms with Crippen molar-refractivity contribution < 1.29 is 4.74 Å². The number of hydrogen-bond acceptors (Lipinski definition) is 1. The highest BCUT2D eigenvalue weighted by molar-refractivity contribution is 4.96. The summed E-state index contributed by atoms with van der Waals surface area (Å²) >= 11 is 0. The Morgan fingerprint density at radius 3 is 2.57 bits per heavy atom. The van der Waals surface area contributed by atoms with Crippen LogP contribution in [0.25, 0.3) is 0 Å². The largest absolute Gasteiger partial charge is 0.372 e. The molecule has 0 aromatic heterocycles. The van der Waals surface area contributed by atoms with Gasteiger partial charge in [0.15, 0.2) is 0 Å². The fourth-order valence-electron chi connectivity index (χ4n) is 2.12. The predicted molar refractivity (Wildman–Crippen MR) is 61.4 cm³/mol. The summed E-state index contributed by atoms with van der Waals surface area (Å²) in [7, 11) is 0. The molecule has 1 aliphatic heterocycles. The molecule has 1 rings (SSSR count). The van der Waals surface area contributed by atoms with E-state index in [0.717, 1.165) is 5.92 Å². The summed E-state index contributed by atoms with van der Waals surface area (Å²) in [5.41, 5.74) is 1.52. The van der Waals surface area contributed by atoms with Crippen LogP contribution in [0.2, 0.25) is 0 Å². The smallest absolute Gasteiger partial charge is 0.0630 e. The van der Waals surface area contributed by atoms with Crippen molar-refractivity contribution in [1.82, 2.24) is 0 Å². The Kier molecular flexibility index (Phi) is 3.77. The van der Waals surface area contributed by atoms with Crippen LogP contribution >= 0.6 is 0 Å². The molecule has 0 spiro atoms. The second-order valence-electron chi connectivity index (χ2n) is 5.40. The van der Waals surface area contributed by atoms with Crippen LogP contribution in [0.5, 0.6) is 0 Å². The Morgan fingerprint density at radius 2 is 2.07 bits per heavy atom. The van der Waals surface area contributed by atoms with E-state index in [0.29, 0.717) is 6.10 Å². The summed E-state index contributed by atoms with van der Waals surface area (Å²) in [6.45, 7) is 10.9. The topological polar surface area (TPSA) is 9.23 Å². The maximum Gasteiger partial charge on any atom is 0.0630 e. The molecule has 0 radical (unpaired) electrons. The zero-order chi connectivity index (χ0) is 10.8. The van der Waals surface area contributed by atoms with Crippen LogP contribution in [0.15, 0.2) is 11.6 Å². The minimum atomic E-state index is 0.0981.